The van der Waals surface area contributed by atoms with Crippen LogP contribution in [0.25, 0.3) is 11.1 Å². The summed E-state index contributed by atoms with van der Waals surface area (Å²) in [6, 6.07) is 11.4. The Morgan fingerprint density at radius 3 is 2.72 bits per heavy atom. The number of fused-ring (bicyclic) bond motifs is 5. The van der Waals surface area contributed by atoms with Gasteiger partial charge in [0.1, 0.15) is 11.9 Å². The molecule has 6 nitrogen and oxygen atoms in total. The van der Waals surface area contributed by atoms with Crippen molar-refractivity contribution in [2.75, 3.05) is 18.5 Å². The molecule has 0 aliphatic carbocycles. The standard InChI is InChI=1S/C22H21FN4O2/c1-12-18-8-15(23)4-6-17(18)22(28)27(2)11-13-3-5-16(24)9-19(13)14-7-20(29-12)21(25)26-10-14/h3-10,12H,11,24H2,1-2H3,(H2,25,26). The van der Waals surface area contributed by atoms with Gasteiger partial charge in [0.15, 0.2) is 11.6 Å². The van der Waals surface area contributed by atoms with Crippen molar-refractivity contribution in [1.29, 1.82) is 0 Å². The van der Waals surface area contributed by atoms with Crippen LogP contribution in [0.3, 0.4) is 0 Å². The number of aromatic nitrogens is 1. The molecule has 3 aromatic rings. The molecule has 2 heterocycles. The third-order valence-corrected chi connectivity index (χ3v) is 5.07. The third kappa shape index (κ3) is 3.47. The second-order valence-electron chi connectivity index (χ2n) is 7.18. The molecule has 0 spiro atoms. The average Bonchev–Trinajstić information content (AvgIpc) is 2.69. The number of pyridine rings is 1. The Morgan fingerprint density at radius 1 is 1.14 bits per heavy atom. The predicted molar refractivity (Wildman–Crippen MR) is 110 cm³/mol. The summed E-state index contributed by atoms with van der Waals surface area (Å²) in [5.41, 5.74) is 15.9. The third-order valence-electron chi connectivity index (χ3n) is 5.07. The number of hydrogen-bond acceptors (Lipinski definition) is 5. The van der Waals surface area contributed by atoms with Crippen molar-refractivity contribution in [2.24, 2.45) is 0 Å². The number of halogens is 1. The Balaban J connectivity index is 1.95. The number of hydrogen-bond donors (Lipinski definition) is 2. The maximum Gasteiger partial charge on any atom is 0.254 e. The maximum atomic E-state index is 14.0. The molecule has 0 radical (unpaired) electrons. The van der Waals surface area contributed by atoms with Gasteiger partial charge in [-0.3, -0.25) is 4.79 Å². The fourth-order valence-corrected chi connectivity index (χ4v) is 3.55. The van der Waals surface area contributed by atoms with Gasteiger partial charge in [-0.05, 0) is 54.4 Å². The van der Waals surface area contributed by atoms with Gasteiger partial charge >= 0.3 is 0 Å². The Morgan fingerprint density at radius 2 is 1.93 bits per heavy atom. The largest absolute Gasteiger partial charge is 0.482 e. The van der Waals surface area contributed by atoms with E-state index in [2.05, 4.69) is 4.98 Å². The van der Waals surface area contributed by atoms with E-state index >= 15 is 0 Å². The number of nitrogens with zero attached hydrogens (tertiary/aromatic N) is 2. The highest BCUT2D eigenvalue weighted by atomic mass is 19.1. The number of anilines is 2. The molecule has 0 saturated carbocycles. The summed E-state index contributed by atoms with van der Waals surface area (Å²) in [5, 5.41) is 0. The van der Waals surface area contributed by atoms with Gasteiger partial charge < -0.3 is 21.1 Å². The summed E-state index contributed by atoms with van der Waals surface area (Å²) in [7, 11) is 1.71. The topological polar surface area (TPSA) is 94.5 Å². The van der Waals surface area contributed by atoms with Crippen LogP contribution in [0, 0.1) is 5.82 Å². The molecular weight excluding hydrogens is 371 g/mol. The number of nitrogen functional groups attached to an aromatic ring is 2. The number of carbonyl (C=O) groups excluding carboxylic acids is 1. The second-order valence-corrected chi connectivity index (χ2v) is 7.18. The average molecular weight is 392 g/mol. The fraction of sp³-hybridized carbons (Fsp3) is 0.182. The molecule has 1 unspecified atom stereocenters. The lowest BCUT2D eigenvalue weighted by molar-refractivity contribution is 0.0780. The molecule has 0 saturated heterocycles. The monoisotopic (exact) mass is 392 g/mol. The van der Waals surface area contributed by atoms with Crippen molar-refractivity contribution < 1.29 is 13.9 Å². The number of amides is 1. The Labute approximate surface area is 167 Å². The Hall–Kier alpha value is -3.61. The fourth-order valence-electron chi connectivity index (χ4n) is 3.55. The van der Waals surface area contributed by atoms with Gasteiger partial charge in [0.25, 0.3) is 5.91 Å². The lowest BCUT2D eigenvalue weighted by Gasteiger charge is -2.25. The second kappa shape index (κ2) is 7.09. The molecule has 1 aliphatic rings. The van der Waals surface area contributed by atoms with Gasteiger partial charge in [0, 0.05) is 42.2 Å². The summed E-state index contributed by atoms with van der Waals surface area (Å²) >= 11 is 0. The molecule has 1 aromatic heterocycles. The zero-order valence-corrected chi connectivity index (χ0v) is 16.1. The number of nitrogens with two attached hydrogens (primary N) is 2. The van der Waals surface area contributed by atoms with Gasteiger partial charge in [-0.1, -0.05) is 6.07 Å². The number of rotatable bonds is 0. The van der Waals surface area contributed by atoms with Crippen molar-refractivity contribution in [3.63, 3.8) is 0 Å². The minimum atomic E-state index is -0.614. The predicted octanol–water partition coefficient (Wildman–Crippen LogP) is 3.78. The van der Waals surface area contributed by atoms with E-state index in [0.29, 0.717) is 29.1 Å². The van der Waals surface area contributed by atoms with E-state index in [4.69, 9.17) is 16.2 Å². The minimum absolute atomic E-state index is 0.213. The van der Waals surface area contributed by atoms with E-state index in [1.807, 2.05) is 12.1 Å². The van der Waals surface area contributed by atoms with Crippen molar-refractivity contribution in [3.05, 3.63) is 71.2 Å². The zero-order chi connectivity index (χ0) is 20.7. The highest BCUT2D eigenvalue weighted by molar-refractivity contribution is 5.96. The van der Waals surface area contributed by atoms with E-state index < -0.39 is 11.9 Å². The first-order valence-electron chi connectivity index (χ1n) is 9.19. The van der Waals surface area contributed by atoms with Crippen molar-refractivity contribution in [1.82, 2.24) is 9.88 Å². The first kappa shape index (κ1) is 18.7. The molecule has 1 atom stereocenters. The summed E-state index contributed by atoms with van der Waals surface area (Å²) in [4.78, 5) is 19.0. The zero-order valence-electron chi connectivity index (χ0n) is 16.1. The minimum Gasteiger partial charge on any atom is -0.482 e. The van der Waals surface area contributed by atoms with Gasteiger partial charge in [-0.25, -0.2) is 9.37 Å². The van der Waals surface area contributed by atoms with Crippen LogP contribution in [0.1, 0.15) is 34.5 Å². The number of carbonyl (C=O) groups is 1. The van der Waals surface area contributed by atoms with Gasteiger partial charge in [-0.2, -0.15) is 0 Å². The van der Waals surface area contributed by atoms with Gasteiger partial charge in [-0.15, -0.1) is 0 Å². The molecule has 4 N–H and O–H groups in total. The van der Waals surface area contributed by atoms with Crippen LogP contribution in [0.2, 0.25) is 0 Å². The highest BCUT2D eigenvalue weighted by Gasteiger charge is 2.24. The molecule has 2 aromatic carbocycles. The van der Waals surface area contributed by atoms with Crippen molar-refractivity contribution >= 4 is 17.4 Å². The first-order chi connectivity index (χ1) is 13.8. The molecule has 0 fully saturated rings. The molecule has 1 amide bonds. The number of benzene rings is 2. The summed E-state index contributed by atoms with van der Waals surface area (Å²) in [5.74, 6) is -0.0968. The van der Waals surface area contributed by atoms with Crippen LogP contribution in [0.4, 0.5) is 15.9 Å². The summed E-state index contributed by atoms with van der Waals surface area (Å²) in [6.07, 6.45) is 1.03. The molecule has 7 heteroatoms. The van der Waals surface area contributed by atoms with E-state index in [-0.39, 0.29) is 11.7 Å². The van der Waals surface area contributed by atoms with E-state index in [9.17, 15) is 9.18 Å². The van der Waals surface area contributed by atoms with Crippen molar-refractivity contribution in [3.8, 4) is 16.9 Å². The van der Waals surface area contributed by atoms with Crippen LogP contribution in [-0.2, 0) is 6.54 Å². The van der Waals surface area contributed by atoms with Gasteiger partial charge in [0.2, 0.25) is 0 Å². The van der Waals surface area contributed by atoms with Gasteiger partial charge in [0.05, 0.1) is 0 Å². The SMILES string of the molecule is CC1Oc2cc(cnc2N)-c2cc(N)ccc2CN(C)C(=O)c2ccc(F)cc21. The first-order valence-corrected chi connectivity index (χ1v) is 9.19. The van der Waals surface area contributed by atoms with Crippen LogP contribution in [0.15, 0.2) is 48.7 Å². The number of ether oxygens (including phenoxy) is 1. The van der Waals surface area contributed by atoms with Crippen LogP contribution >= 0.6 is 0 Å². The van der Waals surface area contributed by atoms with Crippen LogP contribution < -0.4 is 16.2 Å². The Kier molecular flexibility index (Phi) is 4.58. The molecule has 148 valence electrons. The van der Waals surface area contributed by atoms with Crippen LogP contribution in [0.5, 0.6) is 5.75 Å². The lowest BCUT2D eigenvalue weighted by Crippen LogP contribution is -2.28. The Bertz CT molecular complexity index is 1120. The highest BCUT2D eigenvalue weighted by Crippen LogP contribution is 2.35. The van der Waals surface area contributed by atoms with Crippen LogP contribution in [-0.4, -0.2) is 22.8 Å². The molecule has 29 heavy (non-hydrogen) atoms. The van der Waals surface area contributed by atoms with E-state index in [1.54, 1.807) is 37.2 Å². The van der Waals surface area contributed by atoms with Crippen molar-refractivity contribution in [2.45, 2.75) is 19.6 Å². The molecular formula is C22H21FN4O2. The molecule has 2 bridgehead atoms. The summed E-state index contributed by atoms with van der Waals surface area (Å²) < 4.78 is 20.0. The summed E-state index contributed by atoms with van der Waals surface area (Å²) in [6.45, 7) is 2.09. The molecule has 4 rings (SSSR count). The quantitative estimate of drug-likeness (QED) is 0.568. The smallest absolute Gasteiger partial charge is 0.254 e. The van der Waals surface area contributed by atoms with E-state index in [0.717, 1.165) is 16.7 Å². The maximum absolute atomic E-state index is 14.0. The lowest BCUT2D eigenvalue weighted by atomic mass is 9.98. The van der Waals surface area contributed by atoms with E-state index in [1.165, 1.54) is 18.2 Å². The normalized spacial score (nSPS) is 16.2. The molecule has 1 aliphatic heterocycles.